The second kappa shape index (κ2) is 5.50. The molecule has 0 spiro atoms. The number of hydrogen-bond donors (Lipinski definition) is 1. The van der Waals surface area contributed by atoms with E-state index in [-0.39, 0.29) is 5.82 Å². The van der Waals surface area contributed by atoms with Crippen molar-refractivity contribution >= 4 is 11.3 Å². The monoisotopic (exact) mass is 292 g/mol. The zero-order valence-electron chi connectivity index (χ0n) is 11.6. The molecule has 20 heavy (non-hydrogen) atoms. The first kappa shape index (κ1) is 13.5. The summed E-state index contributed by atoms with van der Waals surface area (Å²) in [5.74, 6) is 0.247. The fraction of sp³-hybridized carbons (Fsp3) is 0.400. The number of nitrogens with zero attached hydrogens (tertiary/aromatic N) is 1. The fourth-order valence-corrected chi connectivity index (χ4v) is 3.89. The van der Waals surface area contributed by atoms with Crippen LogP contribution in [0.1, 0.15) is 29.5 Å². The molecule has 1 aliphatic carbocycles. The lowest BCUT2D eigenvalue weighted by atomic mass is 9.98. The number of aromatic nitrogens is 1. The number of ether oxygens (including phenoxy) is 1. The van der Waals surface area contributed by atoms with Gasteiger partial charge in [0.2, 0.25) is 0 Å². The molecule has 1 N–H and O–H groups in total. The summed E-state index contributed by atoms with van der Waals surface area (Å²) in [5.41, 5.74) is 1.67. The van der Waals surface area contributed by atoms with E-state index in [4.69, 9.17) is 4.74 Å². The summed E-state index contributed by atoms with van der Waals surface area (Å²) in [7, 11) is 3.50. The summed E-state index contributed by atoms with van der Waals surface area (Å²) in [4.78, 5) is 5.89. The van der Waals surface area contributed by atoms with Crippen molar-refractivity contribution in [3.63, 3.8) is 0 Å². The quantitative estimate of drug-likeness (QED) is 0.939. The highest BCUT2D eigenvalue weighted by Crippen LogP contribution is 2.38. The molecule has 1 heterocycles. The summed E-state index contributed by atoms with van der Waals surface area (Å²) < 4.78 is 19.2. The Morgan fingerprint density at radius 3 is 3.00 bits per heavy atom. The third-order valence-electron chi connectivity index (χ3n) is 3.71. The minimum absolute atomic E-state index is 0.281. The van der Waals surface area contributed by atoms with Gasteiger partial charge in [-0.25, -0.2) is 9.37 Å². The van der Waals surface area contributed by atoms with Crippen LogP contribution >= 0.6 is 11.3 Å². The number of hydrogen-bond acceptors (Lipinski definition) is 4. The Balaban J connectivity index is 2.01. The third kappa shape index (κ3) is 2.31. The van der Waals surface area contributed by atoms with Gasteiger partial charge >= 0.3 is 0 Å². The van der Waals surface area contributed by atoms with Crippen LogP contribution in [0.2, 0.25) is 0 Å². The van der Waals surface area contributed by atoms with Crippen molar-refractivity contribution in [1.82, 2.24) is 10.3 Å². The average molecular weight is 292 g/mol. The Kier molecular flexibility index (Phi) is 3.72. The van der Waals surface area contributed by atoms with Crippen LogP contribution in [-0.4, -0.2) is 19.1 Å². The molecule has 0 fully saturated rings. The van der Waals surface area contributed by atoms with Gasteiger partial charge in [-0.3, -0.25) is 0 Å². The summed E-state index contributed by atoms with van der Waals surface area (Å²) in [6.45, 7) is 0. The van der Waals surface area contributed by atoms with Crippen molar-refractivity contribution in [3.8, 4) is 16.3 Å². The fourth-order valence-electron chi connectivity index (χ4n) is 2.61. The molecule has 1 aromatic heterocycles. The van der Waals surface area contributed by atoms with Crippen LogP contribution in [0.3, 0.4) is 0 Å². The summed E-state index contributed by atoms with van der Waals surface area (Å²) in [5, 5.41) is 4.08. The third-order valence-corrected chi connectivity index (χ3v) is 4.95. The number of aryl methyl sites for hydroxylation is 1. The van der Waals surface area contributed by atoms with E-state index in [1.165, 1.54) is 18.1 Å². The Labute approximate surface area is 121 Å². The summed E-state index contributed by atoms with van der Waals surface area (Å²) >= 11 is 1.59. The molecule has 0 amide bonds. The molecule has 0 bridgehead atoms. The minimum atomic E-state index is -0.281. The molecule has 106 valence electrons. The maximum atomic E-state index is 14.1. The molecule has 5 heteroatoms. The van der Waals surface area contributed by atoms with Crippen LogP contribution < -0.4 is 10.1 Å². The lowest BCUT2D eigenvalue weighted by molar-refractivity contribution is 0.411. The molecular weight excluding hydrogens is 275 g/mol. The zero-order chi connectivity index (χ0) is 14.1. The zero-order valence-corrected chi connectivity index (χ0v) is 12.4. The second-order valence-corrected chi connectivity index (χ2v) is 5.94. The summed E-state index contributed by atoms with van der Waals surface area (Å²) in [6, 6.07) is 5.28. The molecule has 1 aromatic carbocycles. The van der Waals surface area contributed by atoms with E-state index in [0.717, 1.165) is 30.0 Å². The molecule has 2 aromatic rings. The Morgan fingerprint density at radius 1 is 1.45 bits per heavy atom. The highest BCUT2D eigenvalue weighted by atomic mass is 32.1. The first-order chi connectivity index (χ1) is 9.72. The highest BCUT2D eigenvalue weighted by molar-refractivity contribution is 7.15. The molecule has 1 atom stereocenters. The molecule has 0 saturated carbocycles. The predicted octanol–water partition coefficient (Wildman–Crippen LogP) is 3.55. The van der Waals surface area contributed by atoms with Crippen LogP contribution in [0.4, 0.5) is 4.39 Å². The maximum Gasteiger partial charge on any atom is 0.137 e. The summed E-state index contributed by atoms with van der Waals surface area (Å²) in [6.07, 6.45) is 3.24. The van der Waals surface area contributed by atoms with Crippen LogP contribution in [-0.2, 0) is 6.42 Å². The van der Waals surface area contributed by atoms with E-state index < -0.39 is 0 Å². The molecule has 0 aliphatic heterocycles. The van der Waals surface area contributed by atoms with Crippen molar-refractivity contribution in [2.75, 3.05) is 14.2 Å². The second-order valence-electron chi connectivity index (χ2n) is 4.91. The number of methoxy groups -OCH3 is 1. The van der Waals surface area contributed by atoms with Gasteiger partial charge in [-0.05, 0) is 38.4 Å². The number of rotatable bonds is 3. The molecule has 1 aliphatic rings. The van der Waals surface area contributed by atoms with Gasteiger partial charge in [0.1, 0.15) is 16.6 Å². The SMILES string of the molecule is CNC1CCCc2nc(-c3ccc(OC)cc3F)sc21. The number of thiazole rings is 1. The van der Waals surface area contributed by atoms with Gasteiger partial charge in [-0.1, -0.05) is 0 Å². The molecule has 3 nitrogen and oxygen atoms in total. The van der Waals surface area contributed by atoms with Gasteiger partial charge in [0, 0.05) is 22.5 Å². The van der Waals surface area contributed by atoms with Crippen LogP contribution in [0.25, 0.3) is 10.6 Å². The van der Waals surface area contributed by atoms with Crippen molar-refractivity contribution in [2.45, 2.75) is 25.3 Å². The van der Waals surface area contributed by atoms with Gasteiger partial charge < -0.3 is 10.1 Å². The van der Waals surface area contributed by atoms with E-state index in [1.807, 2.05) is 7.05 Å². The van der Waals surface area contributed by atoms with Crippen LogP contribution in [0.5, 0.6) is 5.75 Å². The Bertz CT molecular complexity index is 626. The largest absolute Gasteiger partial charge is 0.497 e. The van der Waals surface area contributed by atoms with Crippen molar-refractivity contribution in [1.29, 1.82) is 0 Å². The lowest BCUT2D eigenvalue weighted by Crippen LogP contribution is -2.19. The standard InChI is InChI=1S/C15H17FN2OS/c1-17-12-4-3-5-13-14(12)20-15(18-13)10-7-6-9(19-2)8-11(10)16/h6-8,12,17H,3-5H2,1-2H3. The topological polar surface area (TPSA) is 34.2 Å². The van der Waals surface area contributed by atoms with E-state index in [2.05, 4.69) is 10.3 Å². The number of nitrogens with one attached hydrogen (secondary N) is 1. The average Bonchev–Trinajstić information content (AvgIpc) is 2.90. The van der Waals surface area contributed by atoms with Crippen LogP contribution in [0.15, 0.2) is 18.2 Å². The van der Waals surface area contributed by atoms with E-state index >= 15 is 0 Å². The molecule has 0 radical (unpaired) electrons. The van der Waals surface area contributed by atoms with Gasteiger partial charge in [0.05, 0.1) is 12.8 Å². The number of halogens is 1. The normalized spacial score (nSPS) is 17.9. The molecule has 1 unspecified atom stereocenters. The van der Waals surface area contributed by atoms with Crippen molar-refractivity contribution in [2.24, 2.45) is 0 Å². The Hall–Kier alpha value is -1.46. The lowest BCUT2D eigenvalue weighted by Gasteiger charge is -2.19. The van der Waals surface area contributed by atoms with Crippen molar-refractivity contribution in [3.05, 3.63) is 34.6 Å². The van der Waals surface area contributed by atoms with E-state index in [0.29, 0.717) is 17.4 Å². The van der Waals surface area contributed by atoms with E-state index in [9.17, 15) is 4.39 Å². The predicted molar refractivity (Wildman–Crippen MR) is 78.8 cm³/mol. The first-order valence-electron chi connectivity index (χ1n) is 6.73. The maximum absolute atomic E-state index is 14.1. The molecule has 0 saturated heterocycles. The van der Waals surface area contributed by atoms with E-state index in [1.54, 1.807) is 23.5 Å². The van der Waals surface area contributed by atoms with Crippen LogP contribution in [0, 0.1) is 5.82 Å². The molecule has 3 rings (SSSR count). The van der Waals surface area contributed by atoms with Gasteiger partial charge in [0.25, 0.3) is 0 Å². The number of fused-ring (bicyclic) bond motifs is 1. The first-order valence-corrected chi connectivity index (χ1v) is 7.55. The molecular formula is C15H17FN2OS. The highest BCUT2D eigenvalue weighted by Gasteiger charge is 2.24. The van der Waals surface area contributed by atoms with Crippen molar-refractivity contribution < 1.29 is 9.13 Å². The minimum Gasteiger partial charge on any atom is -0.497 e. The van der Waals surface area contributed by atoms with Gasteiger partial charge in [-0.15, -0.1) is 11.3 Å². The van der Waals surface area contributed by atoms with Gasteiger partial charge in [-0.2, -0.15) is 0 Å². The Morgan fingerprint density at radius 2 is 2.30 bits per heavy atom. The smallest absolute Gasteiger partial charge is 0.137 e. The number of benzene rings is 1. The van der Waals surface area contributed by atoms with Gasteiger partial charge in [0.15, 0.2) is 0 Å².